The van der Waals surface area contributed by atoms with Gasteiger partial charge in [-0.25, -0.2) is 8.42 Å². The normalized spacial score (nSPS) is 11.5. The molecule has 0 aliphatic rings. The first-order valence-electron chi connectivity index (χ1n) is 13.6. The summed E-state index contributed by atoms with van der Waals surface area (Å²) in [7, 11) is -4.58. The quantitative estimate of drug-likeness (QED) is 0.0869. The predicted octanol–water partition coefficient (Wildman–Crippen LogP) is 1.05. The molecule has 0 spiro atoms. The van der Waals surface area contributed by atoms with Crippen LogP contribution in [0.3, 0.4) is 0 Å². The molecular formula is C32H24N8Na2O6S. The van der Waals surface area contributed by atoms with Gasteiger partial charge in [-0.3, -0.25) is 0 Å². The summed E-state index contributed by atoms with van der Waals surface area (Å²) >= 11 is 0. The van der Waals surface area contributed by atoms with E-state index in [2.05, 4.69) is 30.7 Å². The van der Waals surface area contributed by atoms with E-state index in [1.54, 1.807) is 37.3 Å². The van der Waals surface area contributed by atoms with Crippen molar-refractivity contribution in [3.8, 4) is 16.9 Å². The van der Waals surface area contributed by atoms with Gasteiger partial charge in [0.15, 0.2) is 0 Å². The van der Waals surface area contributed by atoms with Gasteiger partial charge in [-0.2, -0.15) is 20.5 Å². The molecule has 17 heteroatoms. The molecule has 236 valence electrons. The van der Waals surface area contributed by atoms with Gasteiger partial charge in [0.25, 0.3) is 0 Å². The van der Waals surface area contributed by atoms with Crippen molar-refractivity contribution in [3.63, 3.8) is 0 Å². The average molecular weight is 695 g/mol. The van der Waals surface area contributed by atoms with Gasteiger partial charge >= 0.3 is 59.1 Å². The van der Waals surface area contributed by atoms with Crippen LogP contribution in [0, 0.1) is 6.92 Å². The summed E-state index contributed by atoms with van der Waals surface area (Å²) in [5, 5.41) is 45.6. The fourth-order valence-corrected chi connectivity index (χ4v) is 4.68. The maximum absolute atomic E-state index is 11.1. The van der Waals surface area contributed by atoms with Crippen LogP contribution in [0.15, 0.2) is 133 Å². The van der Waals surface area contributed by atoms with Crippen LogP contribution < -0.4 is 75.7 Å². The molecule has 0 heterocycles. The number of nitrogen functional groups attached to an aromatic ring is 2. The molecule has 5 N–H and O–H groups in total. The van der Waals surface area contributed by atoms with Crippen LogP contribution in [0.5, 0.6) is 5.75 Å². The molecule has 5 aromatic rings. The zero-order valence-corrected chi connectivity index (χ0v) is 31.3. The van der Waals surface area contributed by atoms with Crippen LogP contribution in [-0.4, -0.2) is 24.0 Å². The number of nitrogens with two attached hydrogens (primary N) is 2. The van der Waals surface area contributed by atoms with Crippen LogP contribution in [0.4, 0.5) is 45.5 Å². The van der Waals surface area contributed by atoms with Crippen molar-refractivity contribution < 1.29 is 87.1 Å². The van der Waals surface area contributed by atoms with Crippen molar-refractivity contribution in [2.75, 3.05) is 11.5 Å². The third-order valence-electron chi connectivity index (χ3n) is 6.78. The van der Waals surface area contributed by atoms with Gasteiger partial charge in [-0.1, -0.05) is 24.3 Å². The van der Waals surface area contributed by atoms with E-state index in [9.17, 15) is 28.0 Å². The third-order valence-corrected chi connectivity index (χ3v) is 7.63. The predicted molar refractivity (Wildman–Crippen MR) is 171 cm³/mol. The average Bonchev–Trinajstić information content (AvgIpc) is 3.05. The zero-order chi connectivity index (χ0) is 33.7. The topological polar surface area (TPSA) is 244 Å². The summed E-state index contributed by atoms with van der Waals surface area (Å²) in [6.45, 7) is 1.75. The maximum Gasteiger partial charge on any atom is 1.00 e. The summed E-state index contributed by atoms with van der Waals surface area (Å²) in [6.07, 6.45) is 0. The number of carbonyl (C=O) groups is 1. The van der Waals surface area contributed by atoms with Gasteiger partial charge in [0, 0.05) is 11.6 Å². The summed E-state index contributed by atoms with van der Waals surface area (Å²) in [6, 6.07) is 24.9. The van der Waals surface area contributed by atoms with Gasteiger partial charge in [0.2, 0.25) is 0 Å². The summed E-state index contributed by atoms with van der Waals surface area (Å²) in [5.74, 6) is -1.94. The number of aryl methyl sites for hydroxylation is 1. The van der Waals surface area contributed by atoms with Gasteiger partial charge in [-0.05, 0) is 90.3 Å². The number of carboxylic acid groups (broad SMARTS) is 1. The number of anilines is 2. The van der Waals surface area contributed by atoms with Crippen molar-refractivity contribution >= 4 is 61.6 Å². The SMILES string of the molecule is Cc1cc(N=Nc2ccc(S(=O)(=O)[O-])cc2)c(N)c(N=Nc2ccc(-c3ccc(N=Nc4ccc(C(=O)[O-])c(O)c4)cc3)cc2)c1N.[Na+].[Na+]. The molecule has 0 saturated heterocycles. The van der Waals surface area contributed by atoms with Crippen LogP contribution in [0.1, 0.15) is 15.9 Å². The Balaban J connectivity index is 0.00000325. The molecule has 0 aliphatic carbocycles. The van der Waals surface area contributed by atoms with E-state index in [1.807, 2.05) is 24.3 Å². The maximum atomic E-state index is 11.1. The molecule has 0 saturated carbocycles. The first kappa shape index (κ1) is 39.1. The number of carbonyl (C=O) groups excluding carboxylic acids is 1. The van der Waals surface area contributed by atoms with Crippen LogP contribution in [0.25, 0.3) is 11.1 Å². The van der Waals surface area contributed by atoms with Gasteiger partial charge in [-0.15, -0.1) is 10.2 Å². The number of benzene rings is 5. The van der Waals surface area contributed by atoms with Gasteiger partial charge in [0.1, 0.15) is 27.2 Å². The number of aromatic hydroxyl groups is 1. The second kappa shape index (κ2) is 16.9. The van der Waals surface area contributed by atoms with Crippen LogP contribution in [-0.2, 0) is 10.1 Å². The Morgan fingerprint density at radius 1 is 0.653 bits per heavy atom. The summed E-state index contributed by atoms with van der Waals surface area (Å²) in [4.78, 5) is 10.6. The van der Waals surface area contributed by atoms with Crippen LogP contribution >= 0.6 is 0 Å². The fourth-order valence-electron chi connectivity index (χ4n) is 4.21. The summed E-state index contributed by atoms with van der Waals surface area (Å²) in [5.41, 5.74) is 17.2. The third kappa shape index (κ3) is 9.87. The Hall–Kier alpha value is -4.32. The van der Waals surface area contributed by atoms with E-state index < -0.39 is 21.8 Å². The molecule has 0 bridgehead atoms. The van der Waals surface area contributed by atoms with Crippen molar-refractivity contribution in [3.05, 3.63) is 108 Å². The van der Waals surface area contributed by atoms with E-state index in [0.717, 1.165) is 23.3 Å². The Kier molecular flexibility index (Phi) is 13.5. The second-order valence-corrected chi connectivity index (χ2v) is 11.4. The Morgan fingerprint density at radius 2 is 1.10 bits per heavy atom. The van der Waals surface area contributed by atoms with Crippen molar-refractivity contribution in [1.82, 2.24) is 0 Å². The minimum absolute atomic E-state index is 0. The smallest absolute Gasteiger partial charge is 0.744 e. The molecule has 0 amide bonds. The second-order valence-electron chi connectivity index (χ2n) is 10.0. The number of nitrogens with zero attached hydrogens (tertiary/aromatic N) is 6. The standard InChI is InChI=1S/C32H26N8O6S.2Na/c1-18-16-27(39-36-23-10-13-25(14-11-23)47(44,45)46)30(34)31(29(18)33)40-37-22-8-4-20(5-9-22)19-2-6-21(7-3-19)35-38-24-12-15-26(32(42)43)28(41)17-24;;/h2-17,41H,33-34H2,1H3,(H,42,43)(H,44,45,46);;/q;2*+1/p-2. The largest absolute Gasteiger partial charge is 1.00 e. The molecule has 0 unspecified atom stereocenters. The number of rotatable bonds is 9. The number of phenols is 1. The first-order chi connectivity index (χ1) is 22.4. The Morgan fingerprint density at radius 3 is 1.59 bits per heavy atom. The fraction of sp³-hybridized carbons (Fsp3) is 0.0312. The van der Waals surface area contributed by atoms with E-state index in [4.69, 9.17) is 11.5 Å². The number of aromatic carboxylic acids is 1. The van der Waals surface area contributed by atoms with Gasteiger partial charge in [0.05, 0.1) is 45.0 Å². The first-order valence-corrected chi connectivity index (χ1v) is 15.0. The molecule has 5 aromatic carbocycles. The summed E-state index contributed by atoms with van der Waals surface area (Å²) < 4.78 is 33.4. The van der Waals surface area contributed by atoms with E-state index in [1.165, 1.54) is 30.3 Å². The molecule has 14 nitrogen and oxygen atoms in total. The molecule has 0 aliphatic heterocycles. The monoisotopic (exact) mass is 694 g/mol. The molecule has 0 aromatic heterocycles. The Bertz CT molecular complexity index is 2180. The van der Waals surface area contributed by atoms with E-state index in [0.29, 0.717) is 28.3 Å². The molecule has 0 radical (unpaired) electrons. The van der Waals surface area contributed by atoms with E-state index >= 15 is 0 Å². The minimum atomic E-state index is -4.58. The Labute approximate surface area is 325 Å². The number of hydrogen-bond donors (Lipinski definition) is 3. The van der Waals surface area contributed by atoms with Crippen molar-refractivity contribution in [2.24, 2.45) is 30.7 Å². The van der Waals surface area contributed by atoms with E-state index in [-0.39, 0.29) is 92.3 Å². The minimum Gasteiger partial charge on any atom is -0.744 e. The number of azo groups is 3. The zero-order valence-electron chi connectivity index (χ0n) is 26.5. The number of carboxylic acids is 1. The van der Waals surface area contributed by atoms with Crippen LogP contribution in [0.2, 0.25) is 0 Å². The van der Waals surface area contributed by atoms with Crippen molar-refractivity contribution in [1.29, 1.82) is 0 Å². The molecule has 49 heavy (non-hydrogen) atoms. The van der Waals surface area contributed by atoms with Gasteiger partial charge < -0.3 is 31.0 Å². The molecule has 0 atom stereocenters. The molecular weight excluding hydrogens is 670 g/mol. The molecule has 0 fully saturated rings. The number of hydrogen-bond acceptors (Lipinski definition) is 14. The van der Waals surface area contributed by atoms with Crippen molar-refractivity contribution in [2.45, 2.75) is 11.8 Å². The molecule has 5 rings (SSSR count).